The van der Waals surface area contributed by atoms with Crippen molar-refractivity contribution >= 4 is 15.7 Å². The maximum atomic E-state index is 12.1. The maximum Gasteiger partial charge on any atom is 0.260 e. The van der Waals surface area contributed by atoms with Crippen LogP contribution in [0.25, 0.3) is 0 Å². The second kappa shape index (κ2) is 6.69. The van der Waals surface area contributed by atoms with Crippen molar-refractivity contribution in [3.63, 3.8) is 0 Å². The van der Waals surface area contributed by atoms with Crippen LogP contribution in [0.3, 0.4) is 0 Å². The lowest BCUT2D eigenvalue weighted by Crippen LogP contribution is -2.40. The van der Waals surface area contributed by atoms with Gasteiger partial charge in [-0.3, -0.25) is 4.79 Å². The topological polar surface area (TPSA) is 63.7 Å². The van der Waals surface area contributed by atoms with E-state index >= 15 is 0 Å². The fourth-order valence-electron chi connectivity index (χ4n) is 2.49. The van der Waals surface area contributed by atoms with Crippen LogP contribution in [0.4, 0.5) is 0 Å². The Bertz CT molecular complexity index is 639. The number of carbonyl (C=O) groups is 1. The summed E-state index contributed by atoms with van der Waals surface area (Å²) in [5, 5.41) is 0. The molecule has 1 atom stereocenters. The Morgan fingerprint density at radius 2 is 2.14 bits per heavy atom. The van der Waals surface area contributed by atoms with Gasteiger partial charge in [-0.15, -0.1) is 0 Å². The number of likely N-dealkylation sites (N-methyl/N-ethyl adjacent to an activating group) is 1. The van der Waals surface area contributed by atoms with E-state index in [1.807, 2.05) is 24.3 Å². The molecule has 1 amide bonds. The zero-order chi connectivity index (χ0) is 16.3. The summed E-state index contributed by atoms with van der Waals surface area (Å²) in [4.78, 5) is 13.6. The van der Waals surface area contributed by atoms with E-state index in [0.717, 1.165) is 5.56 Å². The second-order valence-corrected chi connectivity index (χ2v) is 8.31. The SMILES string of the molecule is CC(C)c1cccc(OCC(=O)N(C)C2CCS(=O)(=O)C2)c1. The highest BCUT2D eigenvalue weighted by Gasteiger charge is 2.32. The summed E-state index contributed by atoms with van der Waals surface area (Å²) in [5.74, 6) is 1.07. The summed E-state index contributed by atoms with van der Waals surface area (Å²) < 4.78 is 28.5. The van der Waals surface area contributed by atoms with Gasteiger partial charge in [0, 0.05) is 13.1 Å². The number of hydrogen-bond acceptors (Lipinski definition) is 4. The highest BCUT2D eigenvalue weighted by molar-refractivity contribution is 7.91. The molecule has 1 aliphatic rings. The van der Waals surface area contributed by atoms with E-state index in [0.29, 0.717) is 18.1 Å². The van der Waals surface area contributed by atoms with Crippen LogP contribution in [-0.2, 0) is 14.6 Å². The van der Waals surface area contributed by atoms with Gasteiger partial charge in [0.05, 0.1) is 11.5 Å². The van der Waals surface area contributed by atoms with Crippen LogP contribution < -0.4 is 4.74 Å². The summed E-state index contributed by atoms with van der Waals surface area (Å²) in [6, 6.07) is 7.44. The molecule has 122 valence electrons. The summed E-state index contributed by atoms with van der Waals surface area (Å²) in [7, 11) is -1.35. The maximum absolute atomic E-state index is 12.1. The first kappa shape index (κ1) is 16.8. The fraction of sp³-hybridized carbons (Fsp3) is 0.562. The van der Waals surface area contributed by atoms with Gasteiger partial charge in [0.1, 0.15) is 5.75 Å². The van der Waals surface area contributed by atoms with Gasteiger partial charge in [-0.2, -0.15) is 0 Å². The molecule has 0 aromatic heterocycles. The third-order valence-electron chi connectivity index (χ3n) is 4.04. The standard InChI is InChI=1S/C16H23NO4S/c1-12(2)13-5-4-6-15(9-13)21-10-16(18)17(3)14-7-8-22(19,20)11-14/h4-6,9,12,14H,7-8,10-11H2,1-3H3. The third kappa shape index (κ3) is 4.22. The van der Waals surface area contributed by atoms with E-state index in [-0.39, 0.29) is 30.1 Å². The predicted molar refractivity (Wildman–Crippen MR) is 85.9 cm³/mol. The smallest absolute Gasteiger partial charge is 0.260 e. The van der Waals surface area contributed by atoms with Crippen molar-refractivity contribution in [3.05, 3.63) is 29.8 Å². The summed E-state index contributed by atoms with van der Waals surface area (Å²) >= 11 is 0. The van der Waals surface area contributed by atoms with Crippen molar-refractivity contribution in [2.75, 3.05) is 25.2 Å². The Balaban J connectivity index is 1.91. The number of nitrogens with zero attached hydrogens (tertiary/aromatic N) is 1. The van der Waals surface area contributed by atoms with Crippen molar-refractivity contribution in [2.45, 2.75) is 32.2 Å². The van der Waals surface area contributed by atoms with E-state index in [9.17, 15) is 13.2 Å². The Hall–Kier alpha value is -1.56. The van der Waals surface area contributed by atoms with Crippen molar-refractivity contribution in [2.24, 2.45) is 0 Å². The predicted octanol–water partition coefficient (Wildman–Crippen LogP) is 1.83. The van der Waals surface area contributed by atoms with E-state index in [4.69, 9.17) is 4.74 Å². The summed E-state index contributed by atoms with van der Waals surface area (Å²) in [6.45, 7) is 4.12. The molecule has 1 heterocycles. The van der Waals surface area contributed by atoms with E-state index < -0.39 is 9.84 Å². The molecule has 22 heavy (non-hydrogen) atoms. The van der Waals surface area contributed by atoms with Gasteiger partial charge >= 0.3 is 0 Å². The molecule has 0 bridgehead atoms. The minimum atomic E-state index is -2.99. The summed E-state index contributed by atoms with van der Waals surface area (Å²) in [5.41, 5.74) is 1.15. The van der Waals surface area contributed by atoms with E-state index in [1.165, 1.54) is 4.90 Å². The van der Waals surface area contributed by atoms with Crippen LogP contribution in [0, 0.1) is 0 Å². The minimum Gasteiger partial charge on any atom is -0.484 e. The molecule has 1 aromatic rings. The van der Waals surface area contributed by atoms with Crippen LogP contribution in [0.15, 0.2) is 24.3 Å². The van der Waals surface area contributed by atoms with Gasteiger partial charge in [-0.1, -0.05) is 26.0 Å². The van der Waals surface area contributed by atoms with Crippen LogP contribution >= 0.6 is 0 Å². The van der Waals surface area contributed by atoms with Crippen LogP contribution in [0.5, 0.6) is 5.75 Å². The molecule has 2 rings (SSSR count). The molecule has 1 unspecified atom stereocenters. The Morgan fingerprint density at radius 1 is 1.41 bits per heavy atom. The first-order valence-electron chi connectivity index (χ1n) is 7.47. The minimum absolute atomic E-state index is 0.0536. The second-order valence-electron chi connectivity index (χ2n) is 6.08. The van der Waals surface area contributed by atoms with Crippen molar-refractivity contribution < 1.29 is 17.9 Å². The number of benzene rings is 1. The van der Waals surface area contributed by atoms with E-state index in [2.05, 4.69) is 13.8 Å². The third-order valence-corrected chi connectivity index (χ3v) is 5.79. The molecule has 0 spiro atoms. The highest BCUT2D eigenvalue weighted by Crippen LogP contribution is 2.21. The number of hydrogen-bond donors (Lipinski definition) is 0. The molecule has 5 nitrogen and oxygen atoms in total. The summed E-state index contributed by atoms with van der Waals surface area (Å²) in [6.07, 6.45) is 0.507. The fourth-order valence-corrected chi connectivity index (χ4v) is 4.27. The Morgan fingerprint density at radius 3 is 2.73 bits per heavy atom. The highest BCUT2D eigenvalue weighted by atomic mass is 32.2. The molecule has 0 N–H and O–H groups in total. The number of rotatable bonds is 5. The Labute approximate surface area is 132 Å². The Kier molecular flexibility index (Phi) is 5.11. The molecular formula is C16H23NO4S. The van der Waals surface area contributed by atoms with Crippen molar-refractivity contribution in [3.8, 4) is 5.75 Å². The molecule has 6 heteroatoms. The van der Waals surface area contributed by atoms with Crippen LogP contribution in [0.1, 0.15) is 31.7 Å². The zero-order valence-electron chi connectivity index (χ0n) is 13.3. The zero-order valence-corrected chi connectivity index (χ0v) is 14.1. The first-order valence-corrected chi connectivity index (χ1v) is 9.29. The van der Waals surface area contributed by atoms with Crippen molar-refractivity contribution in [1.82, 2.24) is 4.90 Å². The molecular weight excluding hydrogens is 302 g/mol. The normalized spacial score (nSPS) is 20.1. The lowest BCUT2D eigenvalue weighted by atomic mass is 10.0. The number of carbonyl (C=O) groups excluding carboxylic acids is 1. The number of sulfone groups is 1. The lowest BCUT2D eigenvalue weighted by Gasteiger charge is -2.23. The first-order chi connectivity index (χ1) is 10.3. The molecule has 1 fully saturated rings. The van der Waals surface area contributed by atoms with Crippen LogP contribution in [0.2, 0.25) is 0 Å². The van der Waals surface area contributed by atoms with Crippen molar-refractivity contribution in [1.29, 1.82) is 0 Å². The van der Waals surface area contributed by atoms with Gasteiger partial charge in [0.25, 0.3) is 5.91 Å². The van der Waals surface area contributed by atoms with Gasteiger partial charge < -0.3 is 9.64 Å². The van der Waals surface area contributed by atoms with E-state index in [1.54, 1.807) is 7.05 Å². The molecule has 1 aromatic carbocycles. The lowest BCUT2D eigenvalue weighted by molar-refractivity contribution is -0.133. The average molecular weight is 325 g/mol. The van der Waals surface area contributed by atoms with Gasteiger partial charge in [0.2, 0.25) is 0 Å². The molecule has 1 saturated heterocycles. The molecule has 1 aliphatic heterocycles. The number of ether oxygens (including phenoxy) is 1. The monoisotopic (exact) mass is 325 g/mol. The molecule has 0 radical (unpaired) electrons. The molecule has 0 saturated carbocycles. The number of amides is 1. The van der Waals surface area contributed by atoms with Gasteiger partial charge in [-0.05, 0) is 30.0 Å². The van der Waals surface area contributed by atoms with Crippen LogP contribution in [-0.4, -0.2) is 50.4 Å². The van der Waals surface area contributed by atoms with Gasteiger partial charge in [0.15, 0.2) is 16.4 Å². The van der Waals surface area contributed by atoms with Gasteiger partial charge in [-0.25, -0.2) is 8.42 Å². The molecule has 0 aliphatic carbocycles. The largest absolute Gasteiger partial charge is 0.484 e. The quantitative estimate of drug-likeness (QED) is 0.828. The average Bonchev–Trinajstić information content (AvgIpc) is 2.84.